The molecule has 0 amide bonds. The lowest BCUT2D eigenvalue weighted by Gasteiger charge is -2.32. The average molecular weight is 295 g/mol. The molecule has 1 heterocycles. The van der Waals surface area contributed by atoms with Crippen LogP contribution in [0.3, 0.4) is 0 Å². The zero-order chi connectivity index (χ0) is 15.0. The van der Waals surface area contributed by atoms with Gasteiger partial charge in [-0.05, 0) is 49.8 Å². The van der Waals surface area contributed by atoms with Crippen LogP contribution in [0.15, 0.2) is 60.7 Å². The van der Waals surface area contributed by atoms with Crippen molar-refractivity contribution in [3.8, 4) is 0 Å². The number of rotatable bonds is 6. The maximum Gasteiger partial charge on any atom is 0.0776 e. The van der Waals surface area contributed by atoms with Gasteiger partial charge in [-0.25, -0.2) is 0 Å². The van der Waals surface area contributed by atoms with Crippen LogP contribution < -0.4 is 5.32 Å². The summed E-state index contributed by atoms with van der Waals surface area (Å²) in [5, 5.41) is 3.69. The largest absolute Gasteiger partial charge is 0.380 e. The summed E-state index contributed by atoms with van der Waals surface area (Å²) in [7, 11) is 0. The van der Waals surface area contributed by atoms with Gasteiger partial charge in [-0.3, -0.25) is 0 Å². The second-order valence-electron chi connectivity index (χ2n) is 6.05. The number of hydrogen-bond acceptors (Lipinski definition) is 2. The van der Waals surface area contributed by atoms with E-state index in [1.807, 2.05) is 0 Å². The van der Waals surface area contributed by atoms with Crippen LogP contribution in [0.1, 0.15) is 31.2 Å². The van der Waals surface area contributed by atoms with Crippen molar-refractivity contribution in [3.05, 3.63) is 66.2 Å². The van der Waals surface area contributed by atoms with E-state index in [4.69, 9.17) is 4.74 Å². The Morgan fingerprint density at radius 2 is 1.68 bits per heavy atom. The van der Waals surface area contributed by atoms with Crippen molar-refractivity contribution in [1.29, 1.82) is 0 Å². The van der Waals surface area contributed by atoms with Gasteiger partial charge in [-0.1, -0.05) is 48.5 Å². The monoisotopic (exact) mass is 295 g/mol. The van der Waals surface area contributed by atoms with Gasteiger partial charge >= 0.3 is 0 Å². The minimum atomic E-state index is 0.331. The Kier molecular flexibility index (Phi) is 5.49. The van der Waals surface area contributed by atoms with Crippen LogP contribution in [-0.2, 0) is 11.2 Å². The fourth-order valence-corrected chi connectivity index (χ4v) is 3.15. The highest BCUT2D eigenvalue weighted by molar-refractivity contribution is 5.43. The summed E-state index contributed by atoms with van der Waals surface area (Å²) < 4.78 is 6.04. The Morgan fingerprint density at radius 1 is 0.955 bits per heavy atom. The van der Waals surface area contributed by atoms with Crippen molar-refractivity contribution in [2.24, 2.45) is 0 Å². The highest BCUT2D eigenvalue weighted by Gasteiger charge is 2.24. The summed E-state index contributed by atoms with van der Waals surface area (Å²) in [6.45, 7) is 0.906. The fourth-order valence-electron chi connectivity index (χ4n) is 3.15. The van der Waals surface area contributed by atoms with E-state index >= 15 is 0 Å². The SMILES string of the molecule is c1ccc(CC[C@H](Nc2ccccc2)[C@@H]2CCCCO2)cc1. The van der Waals surface area contributed by atoms with Crippen molar-refractivity contribution in [2.45, 2.75) is 44.2 Å². The molecule has 2 aromatic rings. The van der Waals surface area contributed by atoms with Gasteiger partial charge in [-0.2, -0.15) is 0 Å². The normalized spacial score (nSPS) is 19.5. The van der Waals surface area contributed by atoms with E-state index in [-0.39, 0.29) is 0 Å². The van der Waals surface area contributed by atoms with Crippen LogP contribution in [-0.4, -0.2) is 18.8 Å². The molecule has 22 heavy (non-hydrogen) atoms. The van der Waals surface area contributed by atoms with E-state index in [2.05, 4.69) is 66.0 Å². The summed E-state index contributed by atoms with van der Waals surface area (Å²) in [6.07, 6.45) is 6.17. The van der Waals surface area contributed by atoms with E-state index in [0.29, 0.717) is 12.1 Å². The molecular formula is C20H25NO. The van der Waals surface area contributed by atoms with Crippen LogP contribution in [0, 0.1) is 0 Å². The summed E-state index contributed by atoms with van der Waals surface area (Å²) in [6, 6.07) is 21.6. The van der Waals surface area contributed by atoms with Gasteiger partial charge in [-0.15, -0.1) is 0 Å². The highest BCUT2D eigenvalue weighted by atomic mass is 16.5. The predicted molar refractivity (Wildman–Crippen MR) is 92.2 cm³/mol. The molecule has 1 aliphatic heterocycles. The predicted octanol–water partition coefficient (Wildman–Crippen LogP) is 4.67. The smallest absolute Gasteiger partial charge is 0.0776 e. The third-order valence-electron chi connectivity index (χ3n) is 4.38. The third-order valence-corrected chi connectivity index (χ3v) is 4.38. The zero-order valence-electron chi connectivity index (χ0n) is 13.1. The van der Waals surface area contributed by atoms with Crippen LogP contribution in [0.2, 0.25) is 0 Å². The van der Waals surface area contributed by atoms with Crippen molar-refractivity contribution in [1.82, 2.24) is 0 Å². The van der Waals surface area contributed by atoms with Gasteiger partial charge in [0, 0.05) is 12.3 Å². The first kappa shape index (κ1) is 15.1. The van der Waals surface area contributed by atoms with E-state index in [1.165, 1.54) is 30.5 Å². The molecule has 116 valence electrons. The van der Waals surface area contributed by atoms with Gasteiger partial charge in [0.2, 0.25) is 0 Å². The van der Waals surface area contributed by atoms with Gasteiger partial charge in [0.1, 0.15) is 0 Å². The van der Waals surface area contributed by atoms with E-state index in [9.17, 15) is 0 Å². The average Bonchev–Trinajstić information content (AvgIpc) is 2.61. The molecule has 1 saturated heterocycles. The van der Waals surface area contributed by atoms with Crippen LogP contribution in [0.4, 0.5) is 5.69 Å². The first-order valence-electron chi connectivity index (χ1n) is 8.39. The number of aryl methyl sites for hydroxylation is 1. The number of anilines is 1. The number of para-hydroxylation sites is 1. The molecule has 0 aromatic heterocycles. The second-order valence-corrected chi connectivity index (χ2v) is 6.05. The molecule has 2 heteroatoms. The Labute approximate surface area is 133 Å². The van der Waals surface area contributed by atoms with Crippen molar-refractivity contribution < 1.29 is 4.74 Å². The lowest BCUT2D eigenvalue weighted by Crippen LogP contribution is -2.38. The molecule has 0 radical (unpaired) electrons. The summed E-state index contributed by atoms with van der Waals surface area (Å²) in [5.74, 6) is 0. The van der Waals surface area contributed by atoms with Crippen LogP contribution in [0.5, 0.6) is 0 Å². The maximum absolute atomic E-state index is 6.04. The Balaban J connectivity index is 1.65. The summed E-state index contributed by atoms with van der Waals surface area (Å²) in [5.41, 5.74) is 2.59. The molecule has 0 spiro atoms. The molecule has 0 aliphatic carbocycles. The minimum absolute atomic E-state index is 0.331. The molecule has 0 unspecified atom stereocenters. The third kappa shape index (κ3) is 4.35. The first-order chi connectivity index (χ1) is 10.9. The molecule has 1 fully saturated rings. The Hall–Kier alpha value is -1.80. The Bertz CT molecular complexity index is 534. The highest BCUT2D eigenvalue weighted by Crippen LogP contribution is 2.22. The topological polar surface area (TPSA) is 21.3 Å². The molecule has 1 N–H and O–H groups in total. The van der Waals surface area contributed by atoms with Gasteiger partial charge in [0.25, 0.3) is 0 Å². The molecule has 0 saturated carbocycles. The van der Waals surface area contributed by atoms with Gasteiger partial charge < -0.3 is 10.1 Å². The molecule has 2 nitrogen and oxygen atoms in total. The lowest BCUT2D eigenvalue weighted by atomic mass is 9.96. The molecule has 2 atom stereocenters. The van der Waals surface area contributed by atoms with E-state index in [1.54, 1.807) is 0 Å². The number of hydrogen-bond donors (Lipinski definition) is 1. The first-order valence-corrected chi connectivity index (χ1v) is 8.39. The lowest BCUT2D eigenvalue weighted by molar-refractivity contribution is 0.00325. The van der Waals surface area contributed by atoms with Crippen molar-refractivity contribution >= 4 is 5.69 Å². The van der Waals surface area contributed by atoms with Gasteiger partial charge in [0.15, 0.2) is 0 Å². The summed E-state index contributed by atoms with van der Waals surface area (Å²) >= 11 is 0. The van der Waals surface area contributed by atoms with Crippen molar-refractivity contribution in [2.75, 3.05) is 11.9 Å². The van der Waals surface area contributed by atoms with E-state index < -0.39 is 0 Å². The number of ether oxygens (including phenoxy) is 1. The quantitative estimate of drug-likeness (QED) is 0.836. The molecule has 3 rings (SSSR count). The van der Waals surface area contributed by atoms with Crippen LogP contribution >= 0.6 is 0 Å². The Morgan fingerprint density at radius 3 is 2.36 bits per heavy atom. The molecule has 0 bridgehead atoms. The summed E-state index contributed by atoms with van der Waals surface area (Å²) in [4.78, 5) is 0. The zero-order valence-corrected chi connectivity index (χ0v) is 13.1. The van der Waals surface area contributed by atoms with E-state index in [0.717, 1.165) is 19.4 Å². The molecule has 2 aromatic carbocycles. The van der Waals surface area contributed by atoms with Crippen molar-refractivity contribution in [3.63, 3.8) is 0 Å². The number of benzene rings is 2. The second kappa shape index (κ2) is 8.00. The number of nitrogens with one attached hydrogen (secondary N) is 1. The molecular weight excluding hydrogens is 270 g/mol. The van der Waals surface area contributed by atoms with Gasteiger partial charge in [0.05, 0.1) is 12.1 Å². The molecule has 1 aliphatic rings. The maximum atomic E-state index is 6.04. The van der Waals surface area contributed by atoms with Crippen LogP contribution in [0.25, 0.3) is 0 Å². The standard InChI is InChI=1S/C20H25NO/c1-3-9-17(10-4-1)14-15-19(20-13-7-8-16-22-20)21-18-11-5-2-6-12-18/h1-6,9-12,19-21H,7-8,13-16H2/t19-,20-/m0/s1. The fraction of sp³-hybridized carbons (Fsp3) is 0.400. The minimum Gasteiger partial charge on any atom is -0.380 e.